The first kappa shape index (κ1) is 11.1. The molecule has 2 rings (SSSR count). The van der Waals surface area contributed by atoms with Crippen LogP contribution in [0.5, 0.6) is 0 Å². The summed E-state index contributed by atoms with van der Waals surface area (Å²) >= 11 is 3.21. The molecule has 0 bridgehead atoms. The molecule has 0 spiro atoms. The maximum absolute atomic E-state index is 12.1. The summed E-state index contributed by atoms with van der Waals surface area (Å²) in [5.41, 5.74) is 1.53. The van der Waals surface area contributed by atoms with Crippen LogP contribution in [0.4, 0.5) is 0 Å². The number of carbonyl (C=O) groups excluding carboxylic acids is 1. The van der Waals surface area contributed by atoms with Crippen LogP contribution in [0.15, 0.2) is 45.9 Å². The fourth-order valence-electron chi connectivity index (χ4n) is 1.51. The molecular weight excluding hydrogens is 270 g/mol. The Morgan fingerprint density at radius 1 is 1.38 bits per heavy atom. The number of rotatable bonds is 3. The van der Waals surface area contributed by atoms with Gasteiger partial charge in [-0.2, -0.15) is 0 Å². The minimum atomic E-state index is -0.197. The molecule has 1 atom stereocenters. The fraction of sp³-hybridized carbons (Fsp3) is 0.167. The zero-order valence-electron chi connectivity index (χ0n) is 8.68. The third kappa shape index (κ3) is 2.07. The minimum absolute atomic E-state index is 0.0341. The highest BCUT2D eigenvalue weighted by atomic mass is 79.9. The number of ketones is 1. The number of aromatic nitrogens is 1. The maximum atomic E-state index is 12.1. The summed E-state index contributed by atoms with van der Waals surface area (Å²) in [6, 6.07) is 5.36. The van der Waals surface area contributed by atoms with Crippen molar-refractivity contribution >= 4 is 21.7 Å². The molecule has 0 aliphatic rings. The molecule has 1 unspecified atom stereocenters. The summed E-state index contributed by atoms with van der Waals surface area (Å²) in [4.78, 5) is 16.0. The Labute approximate surface area is 102 Å². The fourth-order valence-corrected chi connectivity index (χ4v) is 1.94. The molecule has 3 nitrogen and oxygen atoms in total. The van der Waals surface area contributed by atoms with Crippen molar-refractivity contribution < 1.29 is 9.21 Å². The van der Waals surface area contributed by atoms with Gasteiger partial charge in [0.25, 0.3) is 0 Å². The number of halogens is 1. The highest BCUT2D eigenvalue weighted by molar-refractivity contribution is 9.10. The van der Waals surface area contributed by atoms with Gasteiger partial charge in [0.2, 0.25) is 0 Å². The molecule has 0 aliphatic heterocycles. The van der Waals surface area contributed by atoms with Gasteiger partial charge in [0.15, 0.2) is 10.5 Å². The molecule has 0 fully saturated rings. The van der Waals surface area contributed by atoms with E-state index in [1.165, 1.54) is 6.26 Å². The first-order valence-corrected chi connectivity index (χ1v) is 5.66. The average Bonchev–Trinajstić information content (AvgIpc) is 2.75. The summed E-state index contributed by atoms with van der Waals surface area (Å²) in [5, 5.41) is 0. The number of carbonyl (C=O) groups is 1. The number of pyridine rings is 1. The van der Waals surface area contributed by atoms with Crippen molar-refractivity contribution in [3.63, 3.8) is 0 Å². The van der Waals surface area contributed by atoms with Crippen molar-refractivity contribution in [2.45, 2.75) is 12.8 Å². The topological polar surface area (TPSA) is 43.1 Å². The monoisotopic (exact) mass is 279 g/mol. The molecule has 0 N–H and O–H groups in total. The number of hydrogen-bond donors (Lipinski definition) is 0. The highest BCUT2D eigenvalue weighted by Gasteiger charge is 2.20. The molecule has 0 radical (unpaired) electrons. The van der Waals surface area contributed by atoms with Crippen molar-refractivity contribution in [2.75, 3.05) is 0 Å². The van der Waals surface area contributed by atoms with Crippen molar-refractivity contribution in [3.8, 4) is 0 Å². The van der Waals surface area contributed by atoms with E-state index in [2.05, 4.69) is 20.9 Å². The molecular formula is C12H10BrNO2. The molecule has 2 aromatic rings. The maximum Gasteiger partial charge on any atom is 0.179 e. The molecule has 0 saturated heterocycles. The van der Waals surface area contributed by atoms with Gasteiger partial charge >= 0.3 is 0 Å². The number of Topliss-reactive ketones (excluding diaryl/α,β-unsaturated/α-hetero) is 1. The van der Waals surface area contributed by atoms with Crippen molar-refractivity contribution in [3.05, 3.63) is 52.7 Å². The van der Waals surface area contributed by atoms with Crippen LogP contribution in [0.1, 0.15) is 28.8 Å². The molecule has 16 heavy (non-hydrogen) atoms. The molecule has 0 aromatic carbocycles. The molecule has 0 amide bonds. The van der Waals surface area contributed by atoms with Gasteiger partial charge in [-0.15, -0.1) is 0 Å². The number of furan rings is 1. The van der Waals surface area contributed by atoms with E-state index in [1.807, 2.05) is 19.1 Å². The van der Waals surface area contributed by atoms with Crippen LogP contribution in [0.3, 0.4) is 0 Å². The van der Waals surface area contributed by atoms with E-state index in [1.54, 1.807) is 18.5 Å². The van der Waals surface area contributed by atoms with Gasteiger partial charge in [0.05, 0.1) is 11.8 Å². The van der Waals surface area contributed by atoms with Crippen LogP contribution in [0.25, 0.3) is 0 Å². The normalized spacial score (nSPS) is 12.4. The van der Waals surface area contributed by atoms with Gasteiger partial charge < -0.3 is 4.42 Å². The Morgan fingerprint density at radius 3 is 2.62 bits per heavy atom. The van der Waals surface area contributed by atoms with E-state index >= 15 is 0 Å². The summed E-state index contributed by atoms with van der Waals surface area (Å²) < 4.78 is 5.54. The van der Waals surface area contributed by atoms with E-state index in [0.717, 1.165) is 5.56 Å². The van der Waals surface area contributed by atoms with E-state index in [-0.39, 0.29) is 11.7 Å². The summed E-state index contributed by atoms with van der Waals surface area (Å²) in [7, 11) is 0. The Bertz CT molecular complexity index is 493. The summed E-state index contributed by atoms with van der Waals surface area (Å²) in [5.74, 6) is -0.163. The van der Waals surface area contributed by atoms with E-state index in [4.69, 9.17) is 4.42 Å². The predicted molar refractivity (Wildman–Crippen MR) is 63.4 cm³/mol. The lowest BCUT2D eigenvalue weighted by Crippen LogP contribution is -2.09. The SMILES string of the molecule is CC(C(=O)c1ccoc1Br)c1ccncc1. The lowest BCUT2D eigenvalue weighted by Gasteiger charge is -2.09. The molecule has 2 heterocycles. The largest absolute Gasteiger partial charge is 0.457 e. The Morgan fingerprint density at radius 2 is 2.06 bits per heavy atom. The van der Waals surface area contributed by atoms with Gasteiger partial charge in [0.1, 0.15) is 0 Å². The number of nitrogens with zero attached hydrogens (tertiary/aromatic N) is 1. The average molecular weight is 280 g/mol. The summed E-state index contributed by atoms with van der Waals surface area (Å²) in [6.45, 7) is 1.87. The van der Waals surface area contributed by atoms with Gasteiger partial charge in [-0.1, -0.05) is 6.92 Å². The Balaban J connectivity index is 2.27. The Kier molecular flexibility index (Phi) is 3.19. The molecule has 0 saturated carbocycles. The number of hydrogen-bond acceptors (Lipinski definition) is 3. The van der Waals surface area contributed by atoms with Gasteiger partial charge in [-0.3, -0.25) is 9.78 Å². The second-order valence-electron chi connectivity index (χ2n) is 3.47. The lowest BCUT2D eigenvalue weighted by atomic mass is 9.94. The quantitative estimate of drug-likeness (QED) is 0.809. The third-order valence-corrected chi connectivity index (χ3v) is 3.10. The van der Waals surface area contributed by atoms with E-state index in [9.17, 15) is 4.79 Å². The van der Waals surface area contributed by atoms with Crippen molar-refractivity contribution in [1.82, 2.24) is 4.98 Å². The highest BCUT2D eigenvalue weighted by Crippen LogP contribution is 2.25. The molecule has 0 aliphatic carbocycles. The van der Waals surface area contributed by atoms with E-state index < -0.39 is 0 Å². The standard InChI is InChI=1S/C12H10BrNO2/c1-8(9-2-5-14-6-3-9)11(15)10-4-7-16-12(10)13/h2-8H,1H3. The van der Waals surface area contributed by atoms with Crippen LogP contribution in [-0.4, -0.2) is 10.8 Å². The van der Waals surface area contributed by atoms with Crippen molar-refractivity contribution in [2.24, 2.45) is 0 Å². The van der Waals surface area contributed by atoms with Crippen molar-refractivity contribution in [1.29, 1.82) is 0 Å². The first-order valence-electron chi connectivity index (χ1n) is 4.87. The zero-order valence-corrected chi connectivity index (χ0v) is 10.3. The smallest absolute Gasteiger partial charge is 0.179 e. The van der Waals surface area contributed by atoms with Gasteiger partial charge in [-0.05, 0) is 39.7 Å². The lowest BCUT2D eigenvalue weighted by molar-refractivity contribution is 0.0964. The minimum Gasteiger partial charge on any atom is -0.457 e. The van der Waals surface area contributed by atoms with Gasteiger partial charge in [-0.25, -0.2) is 0 Å². The van der Waals surface area contributed by atoms with Crippen LogP contribution in [0.2, 0.25) is 0 Å². The Hall–Kier alpha value is -1.42. The van der Waals surface area contributed by atoms with Crippen LogP contribution in [0, 0.1) is 0 Å². The van der Waals surface area contributed by atoms with Gasteiger partial charge in [0, 0.05) is 18.3 Å². The molecule has 2 aromatic heterocycles. The second kappa shape index (κ2) is 4.61. The van der Waals surface area contributed by atoms with Crippen LogP contribution in [-0.2, 0) is 0 Å². The molecule has 4 heteroatoms. The van der Waals surface area contributed by atoms with Crippen LogP contribution < -0.4 is 0 Å². The predicted octanol–water partition coefficient (Wildman–Crippen LogP) is 3.42. The first-order chi connectivity index (χ1) is 7.70. The van der Waals surface area contributed by atoms with Crippen LogP contribution >= 0.6 is 15.9 Å². The zero-order chi connectivity index (χ0) is 11.5. The van der Waals surface area contributed by atoms with E-state index in [0.29, 0.717) is 10.2 Å². The summed E-state index contributed by atoms with van der Waals surface area (Å²) in [6.07, 6.45) is 4.86. The second-order valence-corrected chi connectivity index (χ2v) is 4.19. The third-order valence-electron chi connectivity index (χ3n) is 2.48. The molecule has 82 valence electrons.